The lowest BCUT2D eigenvalue weighted by Gasteiger charge is -2.01. The molecule has 0 radical (unpaired) electrons. The van der Waals surface area contributed by atoms with Gasteiger partial charge in [0.2, 0.25) is 5.95 Å². The third-order valence-corrected chi connectivity index (χ3v) is 3.83. The van der Waals surface area contributed by atoms with Gasteiger partial charge in [-0.05, 0) is 17.9 Å². The molecule has 3 nitrogen and oxygen atoms in total. The van der Waals surface area contributed by atoms with E-state index in [1.54, 1.807) is 11.6 Å². The molecule has 5 heteroatoms. The van der Waals surface area contributed by atoms with Gasteiger partial charge in [-0.15, -0.1) is 11.8 Å². The highest BCUT2D eigenvalue weighted by molar-refractivity contribution is 7.99. The first-order valence-electron chi connectivity index (χ1n) is 5.34. The normalized spacial score (nSPS) is 10.8. The van der Waals surface area contributed by atoms with E-state index in [1.807, 2.05) is 23.9 Å². The van der Waals surface area contributed by atoms with Gasteiger partial charge in [-0.2, -0.15) is 0 Å². The van der Waals surface area contributed by atoms with Crippen molar-refractivity contribution in [2.45, 2.75) is 11.8 Å². The lowest BCUT2D eigenvalue weighted by atomic mass is 10.2. The Balaban J connectivity index is 2.36. The molecule has 1 heterocycles. The number of halogens is 1. The van der Waals surface area contributed by atoms with Crippen LogP contribution >= 0.6 is 23.4 Å². The molecule has 17 heavy (non-hydrogen) atoms. The maximum Gasteiger partial charge on any atom is 0.201 e. The maximum absolute atomic E-state index is 6.16. The molecule has 2 aromatic rings. The van der Waals surface area contributed by atoms with Crippen molar-refractivity contribution in [3.63, 3.8) is 0 Å². The molecule has 0 aliphatic rings. The summed E-state index contributed by atoms with van der Waals surface area (Å²) in [5.41, 5.74) is 7.44. The summed E-state index contributed by atoms with van der Waals surface area (Å²) in [7, 11) is 1.80. The van der Waals surface area contributed by atoms with Gasteiger partial charge < -0.3 is 10.3 Å². The lowest BCUT2D eigenvalue weighted by molar-refractivity contribution is 0.931. The molecule has 0 spiro atoms. The Labute approximate surface area is 110 Å². The molecule has 1 aromatic heterocycles. The van der Waals surface area contributed by atoms with Crippen LogP contribution in [0.25, 0.3) is 11.3 Å². The first kappa shape index (κ1) is 12.3. The first-order valence-corrected chi connectivity index (χ1v) is 6.70. The van der Waals surface area contributed by atoms with Crippen LogP contribution in [0, 0.1) is 0 Å². The fourth-order valence-electron chi connectivity index (χ4n) is 1.55. The Morgan fingerprint density at radius 1 is 1.35 bits per heavy atom. The van der Waals surface area contributed by atoms with Crippen LogP contribution in [-0.4, -0.2) is 15.3 Å². The summed E-state index contributed by atoms with van der Waals surface area (Å²) in [6, 6.07) is 8.19. The zero-order chi connectivity index (χ0) is 12.4. The minimum Gasteiger partial charge on any atom is -0.369 e. The van der Waals surface area contributed by atoms with Crippen LogP contribution in [0.5, 0.6) is 0 Å². The van der Waals surface area contributed by atoms with Crippen molar-refractivity contribution in [1.82, 2.24) is 9.55 Å². The molecule has 0 amide bonds. The van der Waals surface area contributed by atoms with Crippen molar-refractivity contribution in [3.8, 4) is 11.3 Å². The van der Waals surface area contributed by atoms with Crippen molar-refractivity contribution in [1.29, 1.82) is 0 Å². The van der Waals surface area contributed by atoms with E-state index in [0.717, 1.165) is 17.0 Å². The highest BCUT2D eigenvalue weighted by Gasteiger charge is 2.12. The summed E-state index contributed by atoms with van der Waals surface area (Å²) in [6.07, 6.45) is 0. The molecule has 0 fully saturated rings. The molecule has 1 aromatic carbocycles. The first-order chi connectivity index (χ1) is 8.13. The number of hydrogen-bond donors (Lipinski definition) is 1. The zero-order valence-electron chi connectivity index (χ0n) is 9.77. The van der Waals surface area contributed by atoms with Crippen LogP contribution in [0.3, 0.4) is 0 Å². The van der Waals surface area contributed by atoms with Crippen LogP contribution in [0.4, 0.5) is 5.95 Å². The van der Waals surface area contributed by atoms with Gasteiger partial charge in [-0.1, -0.05) is 30.7 Å². The summed E-state index contributed by atoms with van der Waals surface area (Å²) in [4.78, 5) is 5.50. The van der Waals surface area contributed by atoms with Crippen molar-refractivity contribution < 1.29 is 0 Å². The number of imidazole rings is 1. The third-order valence-electron chi connectivity index (χ3n) is 2.50. The topological polar surface area (TPSA) is 43.8 Å². The predicted octanol–water partition coefficient (Wildman–Crippen LogP) is 3.43. The molecule has 0 saturated heterocycles. The largest absolute Gasteiger partial charge is 0.369 e. The molecular formula is C12H14ClN3S. The highest BCUT2D eigenvalue weighted by atomic mass is 35.5. The second-order valence-electron chi connectivity index (χ2n) is 3.63. The number of thioether (sulfide) groups is 1. The molecule has 0 bridgehead atoms. The van der Waals surface area contributed by atoms with E-state index in [1.165, 1.54) is 4.90 Å². The Hall–Kier alpha value is -1.13. The van der Waals surface area contributed by atoms with Crippen molar-refractivity contribution >= 4 is 29.3 Å². The van der Waals surface area contributed by atoms with Crippen LogP contribution in [0.15, 0.2) is 29.2 Å². The number of nitrogen functional groups attached to an aromatic ring is 1. The smallest absolute Gasteiger partial charge is 0.201 e. The van der Waals surface area contributed by atoms with Crippen molar-refractivity contribution in [3.05, 3.63) is 29.4 Å². The molecule has 90 valence electrons. The third kappa shape index (κ3) is 2.42. The summed E-state index contributed by atoms with van der Waals surface area (Å²) in [5, 5.41) is 0.568. The molecule has 0 aliphatic carbocycles. The van der Waals surface area contributed by atoms with E-state index < -0.39 is 0 Å². The summed E-state index contributed by atoms with van der Waals surface area (Å²) in [5.74, 6) is 1.49. The van der Waals surface area contributed by atoms with E-state index in [-0.39, 0.29) is 0 Å². The Morgan fingerprint density at radius 3 is 2.47 bits per heavy atom. The molecule has 0 aliphatic heterocycles. The number of anilines is 1. The summed E-state index contributed by atoms with van der Waals surface area (Å²) < 4.78 is 1.67. The van der Waals surface area contributed by atoms with E-state index in [2.05, 4.69) is 24.0 Å². The maximum atomic E-state index is 6.16. The van der Waals surface area contributed by atoms with E-state index in [9.17, 15) is 0 Å². The average Bonchev–Trinajstić information content (AvgIpc) is 2.59. The monoisotopic (exact) mass is 267 g/mol. The van der Waals surface area contributed by atoms with Gasteiger partial charge in [0.05, 0.1) is 0 Å². The van der Waals surface area contributed by atoms with Crippen molar-refractivity contribution in [2.75, 3.05) is 11.5 Å². The minimum atomic E-state index is 0.428. The van der Waals surface area contributed by atoms with Crippen molar-refractivity contribution in [2.24, 2.45) is 7.05 Å². The number of nitrogens with two attached hydrogens (primary N) is 1. The number of rotatable bonds is 3. The number of hydrogen-bond acceptors (Lipinski definition) is 3. The van der Waals surface area contributed by atoms with Crippen LogP contribution in [0.1, 0.15) is 6.92 Å². The number of aromatic nitrogens is 2. The van der Waals surface area contributed by atoms with E-state index in [4.69, 9.17) is 17.3 Å². The number of benzene rings is 1. The van der Waals surface area contributed by atoms with E-state index >= 15 is 0 Å². The van der Waals surface area contributed by atoms with Gasteiger partial charge >= 0.3 is 0 Å². The molecule has 0 saturated carbocycles. The Bertz CT molecular complexity index is 519. The predicted molar refractivity (Wildman–Crippen MR) is 74.5 cm³/mol. The zero-order valence-corrected chi connectivity index (χ0v) is 11.3. The van der Waals surface area contributed by atoms with Crippen LogP contribution < -0.4 is 5.73 Å². The standard InChI is InChI=1S/C12H14ClN3S/c1-3-17-9-6-4-8(5-7-9)10-11(13)16(2)12(14)15-10/h4-7H,3H2,1-2H3,(H2,14,15). The molecular weight excluding hydrogens is 254 g/mol. The minimum absolute atomic E-state index is 0.428. The molecule has 2 rings (SSSR count). The van der Waals surface area contributed by atoms with Gasteiger partial charge in [-0.25, -0.2) is 4.98 Å². The fraction of sp³-hybridized carbons (Fsp3) is 0.250. The SMILES string of the molecule is CCSc1ccc(-c2nc(N)n(C)c2Cl)cc1. The van der Waals surface area contributed by atoms with Gasteiger partial charge in [0.25, 0.3) is 0 Å². The quantitative estimate of drug-likeness (QED) is 0.867. The molecule has 2 N–H and O–H groups in total. The average molecular weight is 268 g/mol. The fourth-order valence-corrected chi connectivity index (χ4v) is 2.45. The van der Waals surface area contributed by atoms with Gasteiger partial charge in [-0.3, -0.25) is 0 Å². The van der Waals surface area contributed by atoms with Gasteiger partial charge in [0.15, 0.2) is 0 Å². The molecule has 0 atom stereocenters. The molecule has 0 unspecified atom stereocenters. The van der Waals surface area contributed by atoms with Gasteiger partial charge in [0.1, 0.15) is 10.8 Å². The lowest BCUT2D eigenvalue weighted by Crippen LogP contribution is -1.96. The second kappa shape index (κ2) is 5.02. The van der Waals surface area contributed by atoms with E-state index in [0.29, 0.717) is 11.1 Å². The van der Waals surface area contributed by atoms with Gasteiger partial charge in [0, 0.05) is 17.5 Å². The Morgan fingerprint density at radius 2 is 2.00 bits per heavy atom. The number of nitrogens with zero attached hydrogens (tertiary/aromatic N) is 2. The Kier molecular flexibility index (Phi) is 3.64. The second-order valence-corrected chi connectivity index (χ2v) is 5.32. The van der Waals surface area contributed by atoms with Crippen LogP contribution in [-0.2, 0) is 7.05 Å². The summed E-state index contributed by atoms with van der Waals surface area (Å²) >= 11 is 7.97. The highest BCUT2D eigenvalue weighted by Crippen LogP contribution is 2.30. The summed E-state index contributed by atoms with van der Waals surface area (Å²) in [6.45, 7) is 2.13. The van der Waals surface area contributed by atoms with Crippen LogP contribution in [0.2, 0.25) is 5.15 Å².